The Hall–Kier alpha value is -2.89. The molecule has 6 nitrogen and oxygen atoms in total. The third-order valence-electron chi connectivity index (χ3n) is 3.52. The van der Waals surface area contributed by atoms with Gasteiger partial charge in [-0.15, -0.1) is 0 Å². The summed E-state index contributed by atoms with van der Waals surface area (Å²) in [7, 11) is 3.23. The van der Waals surface area contributed by atoms with Crippen LogP contribution in [0.15, 0.2) is 42.5 Å². The molecule has 23 heavy (non-hydrogen) atoms. The fraction of sp³-hybridized carbons (Fsp3) is 0.235. The second-order valence-corrected chi connectivity index (χ2v) is 5.32. The van der Waals surface area contributed by atoms with Gasteiger partial charge in [-0.2, -0.15) is 0 Å². The van der Waals surface area contributed by atoms with E-state index < -0.39 is 4.92 Å². The first kappa shape index (κ1) is 16.5. The molecule has 0 saturated heterocycles. The number of nitrogens with zero attached hydrogens (tertiary/aromatic N) is 2. The normalized spacial score (nSPS) is 10.2. The van der Waals surface area contributed by atoms with Crippen LogP contribution in [0.25, 0.3) is 0 Å². The Bertz CT molecular complexity index is 742. The van der Waals surface area contributed by atoms with Crippen LogP contribution in [0.1, 0.15) is 22.8 Å². The lowest BCUT2D eigenvalue weighted by atomic mass is 10.1. The molecule has 0 heterocycles. The maximum Gasteiger partial charge on any atom is 0.270 e. The highest BCUT2D eigenvalue weighted by Crippen LogP contribution is 2.28. The van der Waals surface area contributed by atoms with E-state index in [1.165, 1.54) is 17.0 Å². The van der Waals surface area contributed by atoms with Crippen molar-refractivity contribution in [3.05, 3.63) is 63.7 Å². The monoisotopic (exact) mass is 313 g/mol. The third-order valence-corrected chi connectivity index (χ3v) is 3.52. The van der Waals surface area contributed by atoms with Crippen molar-refractivity contribution in [1.82, 2.24) is 4.90 Å². The van der Waals surface area contributed by atoms with Gasteiger partial charge < -0.3 is 10.2 Å². The van der Waals surface area contributed by atoms with Gasteiger partial charge in [0.05, 0.1) is 16.2 Å². The van der Waals surface area contributed by atoms with Gasteiger partial charge in [0.15, 0.2) is 0 Å². The number of hydrogen-bond donors (Lipinski definition) is 1. The number of rotatable bonds is 5. The maximum atomic E-state index is 12.3. The average Bonchev–Trinajstić information content (AvgIpc) is 2.54. The zero-order chi connectivity index (χ0) is 17.0. The molecule has 0 bridgehead atoms. The minimum absolute atomic E-state index is 0.107. The van der Waals surface area contributed by atoms with Gasteiger partial charge in [0.25, 0.3) is 11.6 Å². The number of nitro benzene ring substituents is 1. The minimum atomic E-state index is -0.504. The Morgan fingerprint density at radius 3 is 2.48 bits per heavy atom. The van der Waals surface area contributed by atoms with Crippen molar-refractivity contribution in [2.45, 2.75) is 13.3 Å². The molecule has 0 fully saturated rings. The van der Waals surface area contributed by atoms with Gasteiger partial charge in [-0.05, 0) is 24.1 Å². The van der Waals surface area contributed by atoms with E-state index in [9.17, 15) is 14.9 Å². The van der Waals surface area contributed by atoms with Gasteiger partial charge in [-0.3, -0.25) is 14.9 Å². The SMILES string of the molecule is CCc1ccccc1Nc1ccc([N+](=O)[O-])cc1C(=O)N(C)C. The van der Waals surface area contributed by atoms with Gasteiger partial charge in [-0.25, -0.2) is 0 Å². The number of benzene rings is 2. The molecule has 0 aliphatic carbocycles. The van der Waals surface area contributed by atoms with E-state index in [0.29, 0.717) is 5.69 Å². The van der Waals surface area contributed by atoms with Crippen LogP contribution in [-0.2, 0) is 6.42 Å². The number of aryl methyl sites for hydroxylation is 1. The molecule has 0 unspecified atom stereocenters. The lowest BCUT2D eigenvalue weighted by molar-refractivity contribution is -0.384. The highest BCUT2D eigenvalue weighted by molar-refractivity contribution is 6.00. The molecule has 2 aromatic carbocycles. The molecule has 0 aliphatic heterocycles. The first-order valence-corrected chi connectivity index (χ1v) is 7.29. The van der Waals surface area contributed by atoms with Crippen LogP contribution in [0.2, 0.25) is 0 Å². The van der Waals surface area contributed by atoms with E-state index >= 15 is 0 Å². The highest BCUT2D eigenvalue weighted by Gasteiger charge is 2.18. The molecule has 0 atom stereocenters. The molecular formula is C17H19N3O3. The molecule has 2 rings (SSSR count). The Morgan fingerprint density at radius 2 is 1.87 bits per heavy atom. The molecule has 1 amide bonds. The Labute approximate surface area is 134 Å². The lowest BCUT2D eigenvalue weighted by Crippen LogP contribution is -2.22. The fourth-order valence-corrected chi connectivity index (χ4v) is 2.27. The van der Waals surface area contributed by atoms with E-state index in [1.54, 1.807) is 20.2 Å². The topological polar surface area (TPSA) is 75.5 Å². The summed E-state index contributed by atoms with van der Waals surface area (Å²) < 4.78 is 0. The van der Waals surface area contributed by atoms with Gasteiger partial charge in [-0.1, -0.05) is 25.1 Å². The standard InChI is InChI=1S/C17H19N3O3/c1-4-12-7-5-6-8-15(12)18-16-10-9-13(20(22)23)11-14(16)17(21)19(2)3/h5-11,18H,4H2,1-3H3. The van der Waals surface area contributed by atoms with Crippen molar-refractivity contribution in [3.63, 3.8) is 0 Å². The third kappa shape index (κ3) is 3.66. The summed E-state index contributed by atoms with van der Waals surface area (Å²) in [5.41, 5.74) is 2.71. The molecule has 120 valence electrons. The Balaban J connectivity index is 2.49. The zero-order valence-corrected chi connectivity index (χ0v) is 13.4. The quantitative estimate of drug-likeness (QED) is 0.676. The Morgan fingerprint density at radius 1 is 1.17 bits per heavy atom. The van der Waals surface area contributed by atoms with Crippen molar-refractivity contribution in [2.24, 2.45) is 0 Å². The minimum Gasteiger partial charge on any atom is -0.355 e. The summed E-state index contributed by atoms with van der Waals surface area (Å²) in [6, 6.07) is 12.0. The molecule has 0 radical (unpaired) electrons. The van der Waals surface area contributed by atoms with Crippen molar-refractivity contribution in [3.8, 4) is 0 Å². The first-order valence-electron chi connectivity index (χ1n) is 7.29. The number of para-hydroxylation sites is 1. The second-order valence-electron chi connectivity index (χ2n) is 5.32. The van der Waals surface area contributed by atoms with E-state index in [2.05, 4.69) is 5.32 Å². The summed E-state index contributed by atoms with van der Waals surface area (Å²) in [6.45, 7) is 2.04. The Kier molecular flexibility index (Phi) is 4.95. The summed E-state index contributed by atoms with van der Waals surface area (Å²) >= 11 is 0. The molecule has 2 aromatic rings. The smallest absolute Gasteiger partial charge is 0.270 e. The number of amides is 1. The van der Waals surface area contributed by atoms with Crippen molar-refractivity contribution < 1.29 is 9.72 Å². The van der Waals surface area contributed by atoms with Gasteiger partial charge in [0.1, 0.15) is 0 Å². The van der Waals surface area contributed by atoms with E-state index in [0.717, 1.165) is 17.7 Å². The van der Waals surface area contributed by atoms with Crippen LogP contribution < -0.4 is 5.32 Å². The molecule has 1 N–H and O–H groups in total. The molecule has 0 aliphatic rings. The summed E-state index contributed by atoms with van der Waals surface area (Å²) in [6.07, 6.45) is 0.840. The van der Waals surface area contributed by atoms with Crippen LogP contribution >= 0.6 is 0 Å². The molecule has 6 heteroatoms. The van der Waals surface area contributed by atoms with Crippen LogP contribution in [-0.4, -0.2) is 29.8 Å². The predicted octanol–water partition coefficient (Wildman–Crippen LogP) is 3.60. The van der Waals surface area contributed by atoms with Crippen LogP contribution in [0.5, 0.6) is 0 Å². The van der Waals surface area contributed by atoms with Crippen LogP contribution in [0.3, 0.4) is 0 Å². The number of nitro groups is 1. The summed E-state index contributed by atoms with van der Waals surface area (Å²) in [5, 5.41) is 14.2. The largest absolute Gasteiger partial charge is 0.355 e. The van der Waals surface area contributed by atoms with Crippen molar-refractivity contribution in [1.29, 1.82) is 0 Å². The number of hydrogen-bond acceptors (Lipinski definition) is 4. The van der Waals surface area contributed by atoms with E-state index in [4.69, 9.17) is 0 Å². The van der Waals surface area contributed by atoms with Gasteiger partial charge in [0.2, 0.25) is 0 Å². The van der Waals surface area contributed by atoms with Crippen LogP contribution in [0.4, 0.5) is 17.1 Å². The number of carbonyl (C=O) groups excluding carboxylic acids is 1. The second kappa shape index (κ2) is 6.91. The van der Waals surface area contributed by atoms with E-state index in [-0.39, 0.29) is 17.2 Å². The molecule has 0 spiro atoms. The lowest BCUT2D eigenvalue weighted by Gasteiger charge is -2.17. The fourth-order valence-electron chi connectivity index (χ4n) is 2.27. The number of anilines is 2. The van der Waals surface area contributed by atoms with E-state index in [1.807, 2.05) is 31.2 Å². The average molecular weight is 313 g/mol. The molecule has 0 saturated carbocycles. The number of non-ortho nitro benzene ring substituents is 1. The summed E-state index contributed by atoms with van der Waals surface area (Å²) in [5.74, 6) is -0.287. The molecule has 0 aromatic heterocycles. The molecular weight excluding hydrogens is 294 g/mol. The predicted molar refractivity (Wildman–Crippen MR) is 90.2 cm³/mol. The van der Waals surface area contributed by atoms with Gasteiger partial charge in [0, 0.05) is 31.9 Å². The van der Waals surface area contributed by atoms with Crippen molar-refractivity contribution in [2.75, 3.05) is 19.4 Å². The first-order chi connectivity index (χ1) is 10.9. The number of carbonyl (C=O) groups is 1. The summed E-state index contributed by atoms with van der Waals surface area (Å²) in [4.78, 5) is 24.2. The maximum absolute atomic E-state index is 12.3. The number of nitrogens with one attached hydrogen (secondary N) is 1. The highest BCUT2D eigenvalue weighted by atomic mass is 16.6. The van der Waals surface area contributed by atoms with Gasteiger partial charge >= 0.3 is 0 Å². The zero-order valence-electron chi connectivity index (χ0n) is 13.4. The van der Waals surface area contributed by atoms with Crippen molar-refractivity contribution >= 4 is 23.0 Å². The van der Waals surface area contributed by atoms with Crippen LogP contribution in [0, 0.1) is 10.1 Å².